The second-order valence-corrected chi connectivity index (χ2v) is 5.80. The topological polar surface area (TPSA) is 61.6 Å². The van der Waals surface area contributed by atoms with Gasteiger partial charge in [0.25, 0.3) is 5.91 Å². The number of aliphatic hydroxyl groups is 1. The van der Waals surface area contributed by atoms with Gasteiger partial charge in [0.15, 0.2) is 5.69 Å². The van der Waals surface area contributed by atoms with Gasteiger partial charge in [0.05, 0.1) is 18.4 Å². The number of hydrogen-bond donors (Lipinski definition) is 1. The van der Waals surface area contributed by atoms with Crippen molar-refractivity contribution < 1.29 is 23.1 Å². The van der Waals surface area contributed by atoms with Crippen molar-refractivity contribution in [3.63, 3.8) is 0 Å². The molecule has 1 aromatic heterocycles. The van der Waals surface area contributed by atoms with E-state index < -0.39 is 29.4 Å². The Bertz CT molecular complexity index is 549. The van der Waals surface area contributed by atoms with Crippen molar-refractivity contribution in [1.82, 2.24) is 19.6 Å². The molecule has 1 aliphatic heterocycles. The Kier molecular flexibility index (Phi) is 5.30. The molecule has 0 unspecified atom stereocenters. The van der Waals surface area contributed by atoms with Crippen molar-refractivity contribution in [2.45, 2.75) is 26.1 Å². The first-order valence-corrected chi connectivity index (χ1v) is 7.53. The maximum atomic E-state index is 13.3. The van der Waals surface area contributed by atoms with Crippen LogP contribution in [0.15, 0.2) is 6.20 Å². The number of carbonyl (C=O) groups excluding carboxylic acids is 1. The lowest BCUT2D eigenvalue weighted by Crippen LogP contribution is -2.49. The largest absolute Gasteiger partial charge is 0.433 e. The number of amides is 1. The average molecular weight is 334 g/mol. The predicted molar refractivity (Wildman–Crippen MR) is 77.0 cm³/mol. The van der Waals surface area contributed by atoms with Crippen LogP contribution in [-0.4, -0.2) is 69.9 Å². The van der Waals surface area contributed by atoms with Crippen molar-refractivity contribution in [2.24, 2.45) is 0 Å². The Morgan fingerprint density at radius 3 is 2.39 bits per heavy atom. The fraction of sp³-hybridized carbons (Fsp3) is 0.714. The van der Waals surface area contributed by atoms with Crippen molar-refractivity contribution in [3.05, 3.63) is 17.5 Å². The highest BCUT2D eigenvalue weighted by molar-refractivity contribution is 5.95. The summed E-state index contributed by atoms with van der Waals surface area (Å²) >= 11 is 0. The zero-order valence-electron chi connectivity index (χ0n) is 13.2. The quantitative estimate of drug-likeness (QED) is 0.900. The third kappa shape index (κ3) is 3.84. The Morgan fingerprint density at radius 1 is 1.30 bits per heavy atom. The fourth-order valence-corrected chi connectivity index (χ4v) is 2.68. The Labute approximate surface area is 132 Å². The summed E-state index contributed by atoms with van der Waals surface area (Å²) in [5.41, 5.74) is -1.39. The zero-order valence-corrected chi connectivity index (χ0v) is 13.2. The Balaban J connectivity index is 2.21. The highest BCUT2D eigenvalue weighted by atomic mass is 19.4. The molecule has 0 atom stereocenters. The standard InChI is InChI=1S/C14H21F3N4O2/c1-10(2)21-12(14(15,16)17)11(9-18-21)13(23)20-5-3-19(4-6-20)7-8-22/h9-10,22H,3-8H2,1-2H3. The van der Waals surface area contributed by atoms with Crippen LogP contribution in [0.5, 0.6) is 0 Å². The maximum Gasteiger partial charge on any atom is 0.433 e. The Morgan fingerprint density at radius 2 is 1.91 bits per heavy atom. The van der Waals surface area contributed by atoms with Gasteiger partial charge in [-0.15, -0.1) is 0 Å². The predicted octanol–water partition coefficient (Wildman–Crippen LogP) is 1.23. The van der Waals surface area contributed by atoms with Crippen LogP contribution in [0.2, 0.25) is 0 Å². The van der Waals surface area contributed by atoms with Crippen LogP contribution < -0.4 is 0 Å². The van der Waals surface area contributed by atoms with E-state index in [1.54, 1.807) is 13.8 Å². The van der Waals surface area contributed by atoms with Crippen LogP contribution in [0.4, 0.5) is 13.2 Å². The summed E-state index contributed by atoms with van der Waals surface area (Å²) < 4.78 is 40.8. The molecular formula is C14H21F3N4O2. The van der Waals surface area contributed by atoms with Gasteiger partial charge in [0.1, 0.15) is 0 Å². The van der Waals surface area contributed by atoms with Crippen LogP contribution in [-0.2, 0) is 6.18 Å². The van der Waals surface area contributed by atoms with E-state index in [2.05, 4.69) is 5.10 Å². The number of carbonyl (C=O) groups is 1. The van der Waals surface area contributed by atoms with E-state index in [0.717, 1.165) is 10.9 Å². The monoisotopic (exact) mass is 334 g/mol. The molecule has 0 spiro atoms. The molecule has 2 rings (SSSR count). The van der Waals surface area contributed by atoms with Gasteiger partial charge in [-0.2, -0.15) is 18.3 Å². The first kappa shape index (κ1) is 17.7. The lowest BCUT2D eigenvalue weighted by atomic mass is 10.2. The Hall–Kier alpha value is -1.61. The van der Waals surface area contributed by atoms with Gasteiger partial charge >= 0.3 is 6.18 Å². The number of hydrogen-bond acceptors (Lipinski definition) is 4. The molecule has 1 aromatic rings. The number of β-amino-alcohol motifs (C(OH)–C–C–N with tert-alkyl or cyclic N) is 1. The SMILES string of the molecule is CC(C)n1ncc(C(=O)N2CCN(CCO)CC2)c1C(F)(F)F. The number of aromatic nitrogens is 2. The zero-order chi connectivity index (χ0) is 17.2. The van der Waals surface area contributed by atoms with Gasteiger partial charge < -0.3 is 10.0 Å². The molecular weight excluding hydrogens is 313 g/mol. The van der Waals surface area contributed by atoms with Crippen molar-refractivity contribution >= 4 is 5.91 Å². The third-order valence-electron chi connectivity index (χ3n) is 3.86. The van der Waals surface area contributed by atoms with E-state index in [0.29, 0.717) is 32.7 Å². The highest BCUT2D eigenvalue weighted by Crippen LogP contribution is 2.34. The lowest BCUT2D eigenvalue weighted by molar-refractivity contribution is -0.145. The first-order valence-electron chi connectivity index (χ1n) is 7.53. The van der Waals surface area contributed by atoms with E-state index in [1.165, 1.54) is 4.90 Å². The fourth-order valence-electron chi connectivity index (χ4n) is 2.68. The normalized spacial score (nSPS) is 17.1. The van der Waals surface area contributed by atoms with E-state index in [9.17, 15) is 18.0 Å². The van der Waals surface area contributed by atoms with E-state index >= 15 is 0 Å². The van der Waals surface area contributed by atoms with Gasteiger partial charge in [-0.25, -0.2) is 0 Å². The summed E-state index contributed by atoms with van der Waals surface area (Å²) in [5, 5.41) is 12.6. The van der Waals surface area contributed by atoms with Gasteiger partial charge in [-0.3, -0.25) is 14.4 Å². The van der Waals surface area contributed by atoms with Crippen LogP contribution in [0, 0.1) is 0 Å². The molecule has 1 saturated heterocycles. The van der Waals surface area contributed by atoms with E-state index in [-0.39, 0.29) is 6.61 Å². The molecule has 1 aliphatic rings. The van der Waals surface area contributed by atoms with Gasteiger partial charge in [-0.1, -0.05) is 0 Å². The number of rotatable bonds is 4. The molecule has 0 radical (unpaired) electrons. The summed E-state index contributed by atoms with van der Waals surface area (Å²) in [7, 11) is 0. The summed E-state index contributed by atoms with van der Waals surface area (Å²) in [6.45, 7) is 5.44. The second-order valence-electron chi connectivity index (χ2n) is 5.80. The molecule has 1 fully saturated rings. The molecule has 2 heterocycles. The van der Waals surface area contributed by atoms with Crippen LogP contribution >= 0.6 is 0 Å². The van der Waals surface area contributed by atoms with Crippen LogP contribution in [0.1, 0.15) is 35.9 Å². The van der Waals surface area contributed by atoms with Crippen molar-refractivity contribution in [1.29, 1.82) is 0 Å². The molecule has 1 amide bonds. The third-order valence-corrected chi connectivity index (χ3v) is 3.86. The van der Waals surface area contributed by atoms with Crippen LogP contribution in [0.3, 0.4) is 0 Å². The second kappa shape index (κ2) is 6.88. The molecule has 0 aromatic carbocycles. The minimum absolute atomic E-state index is 0.0212. The highest BCUT2D eigenvalue weighted by Gasteiger charge is 2.41. The maximum absolute atomic E-state index is 13.3. The summed E-state index contributed by atoms with van der Waals surface area (Å²) in [4.78, 5) is 15.8. The smallest absolute Gasteiger partial charge is 0.395 e. The minimum atomic E-state index is -4.63. The van der Waals surface area contributed by atoms with Gasteiger partial charge in [0.2, 0.25) is 0 Å². The molecule has 1 N–H and O–H groups in total. The molecule has 9 heteroatoms. The number of halogens is 3. The molecule has 0 bridgehead atoms. The van der Waals surface area contributed by atoms with Crippen molar-refractivity contribution in [3.8, 4) is 0 Å². The molecule has 23 heavy (non-hydrogen) atoms. The number of piperazine rings is 1. The molecule has 130 valence electrons. The molecule has 0 saturated carbocycles. The number of alkyl halides is 3. The first-order chi connectivity index (χ1) is 10.8. The summed E-state index contributed by atoms with van der Waals surface area (Å²) in [6.07, 6.45) is -3.63. The van der Waals surface area contributed by atoms with Gasteiger partial charge in [-0.05, 0) is 13.8 Å². The van der Waals surface area contributed by atoms with Crippen molar-refractivity contribution in [2.75, 3.05) is 39.3 Å². The van der Waals surface area contributed by atoms with Gasteiger partial charge in [0, 0.05) is 38.8 Å². The molecule has 6 nitrogen and oxygen atoms in total. The number of aliphatic hydroxyl groups excluding tert-OH is 1. The minimum Gasteiger partial charge on any atom is -0.395 e. The summed E-state index contributed by atoms with van der Waals surface area (Å²) in [6, 6.07) is -0.491. The number of nitrogens with zero attached hydrogens (tertiary/aromatic N) is 4. The average Bonchev–Trinajstić information content (AvgIpc) is 2.93. The lowest BCUT2D eigenvalue weighted by Gasteiger charge is -2.34. The van der Waals surface area contributed by atoms with Crippen LogP contribution in [0.25, 0.3) is 0 Å². The van der Waals surface area contributed by atoms with E-state index in [1.807, 2.05) is 4.90 Å². The van der Waals surface area contributed by atoms with E-state index in [4.69, 9.17) is 5.11 Å². The molecule has 0 aliphatic carbocycles. The summed E-state index contributed by atoms with van der Waals surface area (Å²) in [5.74, 6) is -0.645.